The number of rotatable bonds is 4. The molecule has 56 heavy (non-hydrogen) atoms. The van der Waals surface area contributed by atoms with Crippen LogP contribution in [-0.4, -0.2) is 19.1 Å². The summed E-state index contributed by atoms with van der Waals surface area (Å²) in [6.45, 7) is 2.19. The first-order chi connectivity index (χ1) is 27.7. The highest BCUT2D eigenvalue weighted by Crippen LogP contribution is 2.49. The van der Waals surface area contributed by atoms with E-state index in [0.717, 1.165) is 105 Å². The summed E-state index contributed by atoms with van der Waals surface area (Å²) in [5.74, 6) is 0. The number of fused-ring (bicyclic) bond motifs is 13. The normalized spacial score (nSPS) is 12.0. The van der Waals surface area contributed by atoms with Crippen LogP contribution in [0.1, 0.15) is 5.56 Å². The van der Waals surface area contributed by atoms with E-state index in [1.54, 1.807) is 0 Å². The number of benzene rings is 8. The van der Waals surface area contributed by atoms with Gasteiger partial charge in [0.25, 0.3) is 0 Å². The summed E-state index contributed by atoms with van der Waals surface area (Å²) in [5.41, 5.74) is 15.2. The molecular formula is C51H32N4O. The lowest BCUT2D eigenvalue weighted by molar-refractivity contribution is 0.673. The Hall–Kier alpha value is -7.50. The topological polar surface area (TPSA) is 48.8 Å². The second-order valence-electron chi connectivity index (χ2n) is 14.6. The van der Waals surface area contributed by atoms with Gasteiger partial charge >= 0.3 is 0 Å². The maximum atomic E-state index is 6.92. The largest absolute Gasteiger partial charge is 0.455 e. The van der Waals surface area contributed by atoms with Gasteiger partial charge in [-0.05, 0) is 67.1 Å². The Morgan fingerprint density at radius 1 is 0.446 bits per heavy atom. The van der Waals surface area contributed by atoms with E-state index in [1.807, 2.05) is 30.3 Å². The van der Waals surface area contributed by atoms with Crippen molar-refractivity contribution in [3.8, 4) is 33.9 Å². The van der Waals surface area contributed by atoms with Gasteiger partial charge in [-0.3, -0.25) is 0 Å². The van der Waals surface area contributed by atoms with Crippen LogP contribution in [0.15, 0.2) is 180 Å². The third kappa shape index (κ3) is 4.31. The fourth-order valence-electron chi connectivity index (χ4n) is 9.03. The van der Waals surface area contributed by atoms with Gasteiger partial charge in [0.05, 0.1) is 49.9 Å². The fraction of sp³-hybridized carbons (Fsp3) is 0.0196. The van der Waals surface area contributed by atoms with E-state index >= 15 is 0 Å². The zero-order valence-electron chi connectivity index (χ0n) is 30.4. The summed E-state index contributed by atoms with van der Waals surface area (Å²) in [4.78, 5) is 10.4. The number of hydrogen-bond donors (Lipinski definition) is 0. The number of nitrogens with zero attached hydrogens (tertiary/aromatic N) is 4. The Bertz CT molecular complexity index is 3540. The fourth-order valence-corrected chi connectivity index (χ4v) is 9.03. The Kier molecular flexibility index (Phi) is 6.48. The molecule has 0 saturated heterocycles. The molecule has 0 N–H and O–H groups in total. The van der Waals surface area contributed by atoms with Crippen LogP contribution in [0.2, 0.25) is 0 Å². The molecule has 0 radical (unpaired) electrons. The molecule has 0 atom stereocenters. The van der Waals surface area contributed by atoms with Gasteiger partial charge in [0.2, 0.25) is 0 Å². The lowest BCUT2D eigenvalue weighted by Crippen LogP contribution is -2.01. The highest BCUT2D eigenvalue weighted by Gasteiger charge is 2.28. The van der Waals surface area contributed by atoms with Crippen LogP contribution >= 0.6 is 0 Å². The second kappa shape index (κ2) is 11.7. The smallest absolute Gasteiger partial charge is 0.146 e. The third-order valence-electron chi connectivity index (χ3n) is 11.4. The molecule has 8 aromatic carbocycles. The SMILES string of the molecule is Cc1cc(-n2c3ccccc3c3c4c5ccccc5oc4c4c5ccccc5n(-c5ccccc5)c4c32)ccc1-c1nc2ccccc2nc1-c1ccccc1. The Labute approximate surface area is 321 Å². The van der Waals surface area contributed by atoms with E-state index in [-0.39, 0.29) is 0 Å². The van der Waals surface area contributed by atoms with Gasteiger partial charge in [-0.2, -0.15) is 0 Å². The predicted molar refractivity (Wildman–Crippen MR) is 231 cm³/mol. The zero-order valence-corrected chi connectivity index (χ0v) is 30.4. The van der Waals surface area contributed by atoms with Crippen molar-refractivity contribution in [3.05, 3.63) is 181 Å². The summed E-state index contributed by atoms with van der Waals surface area (Å²) in [5, 5.41) is 6.88. The molecule has 0 aliphatic rings. The van der Waals surface area contributed by atoms with Crippen LogP contribution in [0.5, 0.6) is 0 Å². The molecule has 0 unspecified atom stereocenters. The summed E-state index contributed by atoms with van der Waals surface area (Å²) >= 11 is 0. The third-order valence-corrected chi connectivity index (χ3v) is 11.4. The summed E-state index contributed by atoms with van der Waals surface area (Å²) in [7, 11) is 0. The first-order valence-corrected chi connectivity index (χ1v) is 19.0. The molecule has 4 heterocycles. The van der Waals surface area contributed by atoms with Crippen LogP contribution in [0.3, 0.4) is 0 Å². The molecule has 0 fully saturated rings. The minimum atomic E-state index is 0.874. The molecule has 0 aliphatic carbocycles. The van der Waals surface area contributed by atoms with Crippen LogP contribution < -0.4 is 0 Å². The maximum Gasteiger partial charge on any atom is 0.146 e. The molecule has 0 amide bonds. The van der Waals surface area contributed by atoms with E-state index in [1.165, 1.54) is 10.8 Å². The monoisotopic (exact) mass is 716 g/mol. The molecule has 0 spiro atoms. The van der Waals surface area contributed by atoms with E-state index in [9.17, 15) is 0 Å². The van der Waals surface area contributed by atoms with Crippen molar-refractivity contribution in [1.82, 2.24) is 19.1 Å². The highest BCUT2D eigenvalue weighted by molar-refractivity contribution is 6.39. The summed E-state index contributed by atoms with van der Waals surface area (Å²) in [6.07, 6.45) is 0. The quantitative estimate of drug-likeness (QED) is 0.182. The summed E-state index contributed by atoms with van der Waals surface area (Å²) < 4.78 is 11.8. The Balaban J connectivity index is 1.23. The van der Waals surface area contributed by atoms with Crippen molar-refractivity contribution in [1.29, 1.82) is 0 Å². The van der Waals surface area contributed by atoms with Crippen LogP contribution in [0.25, 0.3) is 110 Å². The number of hydrogen-bond acceptors (Lipinski definition) is 3. The van der Waals surface area contributed by atoms with Gasteiger partial charge in [0, 0.05) is 49.4 Å². The molecule has 0 aliphatic heterocycles. The van der Waals surface area contributed by atoms with Gasteiger partial charge in [-0.15, -0.1) is 0 Å². The Morgan fingerprint density at radius 3 is 1.71 bits per heavy atom. The van der Waals surface area contributed by atoms with Gasteiger partial charge in [-0.1, -0.05) is 121 Å². The van der Waals surface area contributed by atoms with Crippen LogP contribution in [0, 0.1) is 6.92 Å². The molecule has 4 aromatic heterocycles. The lowest BCUT2D eigenvalue weighted by atomic mass is 9.99. The van der Waals surface area contributed by atoms with Crippen molar-refractivity contribution in [2.24, 2.45) is 0 Å². The van der Waals surface area contributed by atoms with Crippen LogP contribution in [0.4, 0.5) is 0 Å². The Morgan fingerprint density at radius 2 is 1.00 bits per heavy atom. The van der Waals surface area contributed by atoms with E-state index in [4.69, 9.17) is 14.4 Å². The average Bonchev–Trinajstić information content (AvgIpc) is 3.92. The van der Waals surface area contributed by atoms with Gasteiger partial charge < -0.3 is 13.6 Å². The number of aryl methyl sites for hydroxylation is 1. The van der Waals surface area contributed by atoms with Crippen molar-refractivity contribution < 1.29 is 4.42 Å². The molecule has 5 nitrogen and oxygen atoms in total. The maximum absolute atomic E-state index is 6.92. The second-order valence-corrected chi connectivity index (χ2v) is 14.6. The first-order valence-electron chi connectivity index (χ1n) is 19.0. The molecule has 5 heteroatoms. The zero-order chi connectivity index (χ0) is 36.9. The number of aromatic nitrogens is 4. The molecule has 12 aromatic rings. The minimum absolute atomic E-state index is 0.874. The van der Waals surface area contributed by atoms with Gasteiger partial charge in [0.1, 0.15) is 11.2 Å². The number of furan rings is 1. The molecule has 0 saturated carbocycles. The van der Waals surface area contributed by atoms with E-state index < -0.39 is 0 Å². The minimum Gasteiger partial charge on any atom is -0.455 e. The average molecular weight is 717 g/mol. The number of para-hydroxylation sites is 6. The van der Waals surface area contributed by atoms with Crippen molar-refractivity contribution in [2.75, 3.05) is 0 Å². The van der Waals surface area contributed by atoms with Crippen molar-refractivity contribution >= 4 is 76.6 Å². The van der Waals surface area contributed by atoms with E-state index in [0.29, 0.717) is 0 Å². The van der Waals surface area contributed by atoms with Crippen molar-refractivity contribution in [3.63, 3.8) is 0 Å². The first kappa shape index (κ1) is 30.9. The summed E-state index contributed by atoms with van der Waals surface area (Å²) in [6, 6.07) is 62.0. The molecule has 262 valence electrons. The highest BCUT2D eigenvalue weighted by atomic mass is 16.3. The molecule has 0 bridgehead atoms. The van der Waals surface area contributed by atoms with Gasteiger partial charge in [0.15, 0.2) is 0 Å². The van der Waals surface area contributed by atoms with E-state index in [2.05, 4.69) is 162 Å². The van der Waals surface area contributed by atoms with Crippen LogP contribution in [-0.2, 0) is 0 Å². The van der Waals surface area contributed by atoms with Crippen molar-refractivity contribution in [2.45, 2.75) is 6.92 Å². The predicted octanol–water partition coefficient (Wildman–Crippen LogP) is 13.4. The standard InChI is InChI=1S/C51H32N4O/c1-31-30-34(28-29-35(31)48-47(32-16-4-2-5-17-32)52-39-23-11-12-24-40(39)53-48)55-41-25-13-8-20-36(41)44-45-38-22-10-15-27-43(38)56-51(45)46-37-21-9-14-26-42(37)54(50(46)49(44)55)33-18-6-3-7-19-33/h2-30H,1H3. The lowest BCUT2D eigenvalue weighted by Gasteiger charge is -2.16. The molecular weight excluding hydrogens is 685 g/mol. The molecule has 12 rings (SSSR count). The van der Waals surface area contributed by atoms with Gasteiger partial charge in [-0.25, -0.2) is 9.97 Å².